The van der Waals surface area contributed by atoms with Crippen molar-refractivity contribution in [2.24, 2.45) is 0 Å². The average Bonchev–Trinajstić information content (AvgIpc) is 2.93. The molecular formula is C10H10Ac3Cl2N4O4. The molecule has 1 fully saturated rings. The number of aromatic nitrogens is 4. The summed E-state index contributed by atoms with van der Waals surface area (Å²) >= 11 is 11.6. The first-order valence-electron chi connectivity index (χ1n) is 5.71. The Kier molecular flexibility index (Phi) is 13.0. The van der Waals surface area contributed by atoms with Gasteiger partial charge in [0.25, 0.3) is 0 Å². The molecule has 23 heavy (non-hydrogen) atoms. The van der Waals surface area contributed by atoms with E-state index in [1.807, 2.05) is 0 Å². The Hall–Kier alpha value is 3.29. The van der Waals surface area contributed by atoms with E-state index in [0.29, 0.717) is 5.52 Å². The van der Waals surface area contributed by atoms with E-state index in [0.717, 1.165) is 0 Å². The third-order valence-electron chi connectivity index (χ3n) is 3.14. The summed E-state index contributed by atoms with van der Waals surface area (Å²) in [6, 6.07) is 0. The molecule has 1 aliphatic heterocycles. The first kappa shape index (κ1) is 26.3. The summed E-state index contributed by atoms with van der Waals surface area (Å²) in [5.74, 6) is 0. The minimum absolute atomic E-state index is 0. The number of nitrogens with zero attached hydrogens (tertiary/aromatic N) is 4. The van der Waals surface area contributed by atoms with Crippen LogP contribution in [0.5, 0.6) is 0 Å². The molecule has 13 heteroatoms. The first-order chi connectivity index (χ1) is 9.52. The van der Waals surface area contributed by atoms with Crippen molar-refractivity contribution in [1.29, 1.82) is 0 Å². The largest absolute Gasteiger partial charge is 0.394 e. The van der Waals surface area contributed by atoms with E-state index in [9.17, 15) is 10.2 Å². The van der Waals surface area contributed by atoms with Gasteiger partial charge in [0.1, 0.15) is 23.8 Å². The molecule has 1 saturated heterocycles. The quantitative estimate of drug-likeness (QED) is 0.281. The van der Waals surface area contributed by atoms with Crippen molar-refractivity contribution in [2.45, 2.75) is 24.5 Å². The molecule has 0 spiro atoms. The van der Waals surface area contributed by atoms with Crippen LogP contribution in [0.1, 0.15) is 6.23 Å². The molecule has 2 aromatic heterocycles. The number of hydrogen-bond donors (Lipinski definition) is 3. The summed E-state index contributed by atoms with van der Waals surface area (Å²) in [4.78, 5) is 11.8. The fourth-order valence-electron chi connectivity index (χ4n) is 2.15. The van der Waals surface area contributed by atoms with Gasteiger partial charge >= 0.3 is 0 Å². The van der Waals surface area contributed by atoms with Gasteiger partial charge in [-0.2, -0.15) is 4.98 Å². The second-order valence-electron chi connectivity index (χ2n) is 4.34. The maximum atomic E-state index is 9.98. The van der Waals surface area contributed by atoms with Gasteiger partial charge in [0.05, 0.1) is 12.9 Å². The summed E-state index contributed by atoms with van der Waals surface area (Å²) in [6.07, 6.45) is -2.94. The van der Waals surface area contributed by atoms with E-state index in [1.165, 1.54) is 10.9 Å². The number of ether oxygens (including phenoxy) is 1. The standard InChI is InChI=1S/C10H10Cl2N4O4.3Ac/c11-7-4-8(15-10(12)14-7)16(2-13-4)9-6(19)5(18)3(1-17)20-9;;;/h2-3,5-6,9,17-19H,1H2;;;/t3-,5-,6-,9-;;;/m1.../s1. The van der Waals surface area contributed by atoms with Crippen LogP contribution in [0, 0.1) is 132 Å². The molecule has 0 bridgehead atoms. The van der Waals surface area contributed by atoms with E-state index in [-0.39, 0.29) is 148 Å². The van der Waals surface area contributed by atoms with Gasteiger partial charge < -0.3 is 20.1 Å². The fraction of sp³-hybridized carbons (Fsp3) is 0.500. The minimum Gasteiger partial charge on any atom is -0.394 e. The third kappa shape index (κ3) is 5.43. The number of rotatable bonds is 2. The van der Waals surface area contributed by atoms with E-state index >= 15 is 0 Å². The maximum absolute atomic E-state index is 9.98. The summed E-state index contributed by atoms with van der Waals surface area (Å²) < 4.78 is 6.78. The van der Waals surface area contributed by atoms with Crippen LogP contribution in [0.2, 0.25) is 10.4 Å². The first-order valence-corrected chi connectivity index (χ1v) is 6.46. The van der Waals surface area contributed by atoms with Crippen LogP contribution in [0.4, 0.5) is 0 Å². The summed E-state index contributed by atoms with van der Waals surface area (Å²) in [7, 11) is 0. The molecule has 1 aliphatic rings. The molecule has 2 aromatic rings. The Bertz CT molecular complexity index is 664. The molecule has 117 valence electrons. The van der Waals surface area contributed by atoms with Crippen molar-refractivity contribution in [3.63, 3.8) is 0 Å². The second-order valence-corrected chi connectivity index (χ2v) is 5.03. The van der Waals surface area contributed by atoms with Crippen LogP contribution in [0.25, 0.3) is 11.2 Å². The molecule has 0 unspecified atom stereocenters. The van der Waals surface area contributed by atoms with Gasteiger partial charge in [0.2, 0.25) is 5.28 Å². The molecule has 8 nitrogen and oxygen atoms in total. The Morgan fingerprint density at radius 1 is 1.13 bits per heavy atom. The Morgan fingerprint density at radius 3 is 2.35 bits per heavy atom. The van der Waals surface area contributed by atoms with Gasteiger partial charge in [-0.05, 0) is 11.6 Å². The minimum atomic E-state index is -1.24. The normalized spacial score (nSPS) is 26.3. The number of hydrogen-bond acceptors (Lipinski definition) is 7. The number of aliphatic hydroxyl groups excluding tert-OH is 3. The third-order valence-corrected chi connectivity index (χ3v) is 3.58. The smallest absolute Gasteiger partial charge is 0.225 e. The van der Waals surface area contributed by atoms with Crippen molar-refractivity contribution in [3.8, 4) is 0 Å². The van der Waals surface area contributed by atoms with Crippen molar-refractivity contribution in [2.75, 3.05) is 6.61 Å². The van der Waals surface area contributed by atoms with Gasteiger partial charge in [0, 0.05) is 132 Å². The predicted molar refractivity (Wildman–Crippen MR) is 68.4 cm³/mol. The molecule has 3 radical (unpaired) electrons. The number of halogens is 2. The predicted octanol–water partition coefficient (Wildman–Crippen LogP) is -0.255. The molecule has 0 aliphatic carbocycles. The fourth-order valence-corrected chi connectivity index (χ4v) is 2.57. The zero-order chi connectivity index (χ0) is 14.4. The zero-order valence-electron chi connectivity index (χ0n) is 11.6. The van der Waals surface area contributed by atoms with Crippen LogP contribution < -0.4 is 0 Å². The van der Waals surface area contributed by atoms with Crippen LogP contribution in [-0.4, -0.2) is 59.8 Å². The van der Waals surface area contributed by atoms with Crippen molar-refractivity contribution in [3.05, 3.63) is 16.8 Å². The molecule has 3 heterocycles. The van der Waals surface area contributed by atoms with E-state index in [1.54, 1.807) is 0 Å². The van der Waals surface area contributed by atoms with E-state index < -0.39 is 31.1 Å². The Balaban J connectivity index is 0.00000161. The van der Waals surface area contributed by atoms with Gasteiger partial charge in [-0.15, -0.1) is 0 Å². The maximum Gasteiger partial charge on any atom is 0.225 e. The van der Waals surface area contributed by atoms with Crippen LogP contribution >= 0.6 is 23.2 Å². The van der Waals surface area contributed by atoms with Crippen molar-refractivity contribution >= 4 is 34.4 Å². The molecular weight excluding hydrogens is 992 g/mol. The van der Waals surface area contributed by atoms with Crippen LogP contribution in [-0.2, 0) is 4.74 Å². The summed E-state index contributed by atoms with van der Waals surface area (Å²) in [5.41, 5.74) is 0.568. The molecule has 4 atom stereocenters. The zero-order valence-corrected chi connectivity index (χ0v) is 27.4. The van der Waals surface area contributed by atoms with E-state index in [4.69, 9.17) is 33.0 Å². The molecule has 3 rings (SSSR count). The SMILES string of the molecule is OC[C@H]1O[C@@H](n2cnc3c(Cl)nc(Cl)nc32)[C@H](O)[C@@H]1O.[Ac].[Ac].[Ac]. The average molecular weight is 1000 g/mol. The van der Waals surface area contributed by atoms with E-state index in [2.05, 4.69) is 15.0 Å². The van der Waals surface area contributed by atoms with Crippen molar-refractivity contribution in [1.82, 2.24) is 19.5 Å². The van der Waals surface area contributed by atoms with Gasteiger partial charge in [0.15, 0.2) is 17.0 Å². The number of fused-ring (bicyclic) bond motifs is 1. The Labute approximate surface area is 248 Å². The molecule has 0 saturated carbocycles. The monoisotopic (exact) mass is 1000 g/mol. The molecule has 0 amide bonds. The Morgan fingerprint density at radius 2 is 1.78 bits per heavy atom. The van der Waals surface area contributed by atoms with Crippen LogP contribution in [0.15, 0.2) is 6.33 Å². The second kappa shape index (κ2) is 11.3. The number of aliphatic hydroxyl groups is 3. The summed E-state index contributed by atoms with van der Waals surface area (Å²) in [5, 5.41) is 28.8. The molecule has 0 aromatic carbocycles. The topological polar surface area (TPSA) is 114 Å². The van der Waals surface area contributed by atoms with Gasteiger partial charge in [-0.3, -0.25) is 4.57 Å². The summed E-state index contributed by atoms with van der Waals surface area (Å²) in [6.45, 7) is -0.419. The van der Waals surface area contributed by atoms with Crippen LogP contribution in [0.3, 0.4) is 0 Å². The van der Waals surface area contributed by atoms with Gasteiger partial charge in [-0.25, -0.2) is 9.97 Å². The van der Waals surface area contributed by atoms with Crippen molar-refractivity contribution < 1.29 is 152 Å². The number of imidazole rings is 1. The van der Waals surface area contributed by atoms with Gasteiger partial charge in [-0.1, -0.05) is 11.6 Å². The molecule has 3 N–H and O–H groups in total.